The quantitative estimate of drug-likeness (QED) is 0.490. The van der Waals surface area contributed by atoms with Gasteiger partial charge in [-0.3, -0.25) is 9.59 Å². The van der Waals surface area contributed by atoms with Gasteiger partial charge < -0.3 is 21.7 Å². The van der Waals surface area contributed by atoms with Crippen molar-refractivity contribution < 1.29 is 9.59 Å². The number of allylic oxidation sites excluding steroid dienone is 1. The summed E-state index contributed by atoms with van der Waals surface area (Å²) >= 11 is 0. The number of carbonyl (C=O) groups is 2. The molecule has 0 saturated heterocycles. The van der Waals surface area contributed by atoms with Crippen LogP contribution >= 0.6 is 0 Å². The molecule has 2 aromatic carbocycles. The van der Waals surface area contributed by atoms with Crippen molar-refractivity contribution in [1.82, 2.24) is 10.6 Å². The highest BCUT2D eigenvalue weighted by Gasteiger charge is 2.09. The number of hydrogen-bond acceptors (Lipinski definition) is 4. The fraction of sp³-hybridized carbons (Fsp3) is 0.217. The fourth-order valence-corrected chi connectivity index (χ4v) is 2.35. The van der Waals surface area contributed by atoms with Crippen LogP contribution in [0.5, 0.6) is 0 Å². The molecule has 2 rings (SSSR count). The van der Waals surface area contributed by atoms with E-state index in [1.165, 1.54) is 0 Å². The minimum Gasteiger partial charge on any atom is -0.389 e. The van der Waals surface area contributed by atoms with Gasteiger partial charge in [-0.05, 0) is 31.0 Å². The second kappa shape index (κ2) is 12.8. The van der Waals surface area contributed by atoms with Gasteiger partial charge in [-0.2, -0.15) is 0 Å². The zero-order valence-electron chi connectivity index (χ0n) is 17.1. The molecule has 0 aliphatic heterocycles. The third-order valence-electron chi connectivity index (χ3n) is 3.90. The van der Waals surface area contributed by atoms with Gasteiger partial charge >= 0.3 is 0 Å². The lowest BCUT2D eigenvalue weighted by Crippen LogP contribution is -2.19. The molecule has 6 nitrogen and oxygen atoms in total. The summed E-state index contributed by atoms with van der Waals surface area (Å²) in [5.74, 6) is -0.697. The largest absolute Gasteiger partial charge is 0.389 e. The molecule has 0 saturated carbocycles. The predicted octanol–water partition coefficient (Wildman–Crippen LogP) is 3.50. The monoisotopic (exact) mass is 394 g/mol. The first-order valence-corrected chi connectivity index (χ1v) is 9.35. The third-order valence-corrected chi connectivity index (χ3v) is 3.90. The summed E-state index contributed by atoms with van der Waals surface area (Å²) in [5, 5.41) is 8.72. The zero-order valence-corrected chi connectivity index (χ0v) is 17.1. The number of amides is 2. The average Bonchev–Trinajstić information content (AvgIpc) is 2.72. The van der Waals surface area contributed by atoms with Crippen LogP contribution in [0.2, 0.25) is 0 Å². The number of rotatable bonds is 9. The second-order valence-corrected chi connectivity index (χ2v) is 6.36. The number of nitrogens with one attached hydrogen (secondary N) is 3. The fourth-order valence-electron chi connectivity index (χ4n) is 2.35. The smallest absolute Gasteiger partial charge is 0.250 e. The van der Waals surface area contributed by atoms with E-state index in [0.29, 0.717) is 30.6 Å². The average molecular weight is 395 g/mol. The van der Waals surface area contributed by atoms with E-state index in [0.717, 1.165) is 17.0 Å². The Morgan fingerprint density at radius 2 is 1.62 bits per heavy atom. The molecule has 0 unspecified atom stereocenters. The molecule has 0 aliphatic rings. The van der Waals surface area contributed by atoms with E-state index < -0.39 is 5.91 Å². The molecule has 154 valence electrons. The van der Waals surface area contributed by atoms with E-state index in [2.05, 4.69) is 29.1 Å². The van der Waals surface area contributed by atoms with Gasteiger partial charge in [0, 0.05) is 31.4 Å². The Morgan fingerprint density at radius 1 is 1.00 bits per heavy atom. The lowest BCUT2D eigenvalue weighted by molar-refractivity contribution is -0.116. The molecule has 0 aliphatic carbocycles. The Kier molecular flexibility index (Phi) is 10.4. The molecule has 0 spiro atoms. The first-order chi connectivity index (χ1) is 13.8. The molecular weight excluding hydrogens is 364 g/mol. The summed E-state index contributed by atoms with van der Waals surface area (Å²) in [4.78, 5) is 22.9. The van der Waals surface area contributed by atoms with Crippen LogP contribution in [-0.2, 0) is 4.79 Å². The van der Waals surface area contributed by atoms with Gasteiger partial charge in [-0.1, -0.05) is 55.6 Å². The summed E-state index contributed by atoms with van der Waals surface area (Å²) in [6, 6.07) is 16.7. The van der Waals surface area contributed by atoms with Gasteiger partial charge in [0.25, 0.3) is 5.91 Å². The Labute approximate surface area is 172 Å². The standard InChI is InChI=1S/C14H19N3O2.C9H11N/c1-10(2)16-9-5-8-13(18)17-12-7-4-3-6-11(12)14(15)19;1-8(10-2)9-6-4-3-5-7-9/h3-4,6-7,16H,1,5,8-9H2,2H3,(H2,15,19)(H,17,18);3-7,10H,1H2,2H3. The Hall–Kier alpha value is -3.54. The van der Waals surface area contributed by atoms with E-state index in [1.54, 1.807) is 24.3 Å². The summed E-state index contributed by atoms with van der Waals surface area (Å²) < 4.78 is 0. The summed E-state index contributed by atoms with van der Waals surface area (Å²) in [6.07, 6.45) is 1.06. The van der Waals surface area contributed by atoms with E-state index in [9.17, 15) is 9.59 Å². The molecule has 0 fully saturated rings. The summed E-state index contributed by atoms with van der Waals surface area (Å²) in [6.45, 7) is 10.1. The highest BCUT2D eigenvalue weighted by Crippen LogP contribution is 2.14. The van der Waals surface area contributed by atoms with Crippen LogP contribution < -0.4 is 21.7 Å². The van der Waals surface area contributed by atoms with Crippen molar-refractivity contribution in [2.75, 3.05) is 18.9 Å². The highest BCUT2D eigenvalue weighted by atomic mass is 16.2. The number of primary amides is 1. The number of nitrogens with two attached hydrogens (primary N) is 1. The van der Waals surface area contributed by atoms with Gasteiger partial charge in [-0.25, -0.2) is 0 Å². The maximum atomic E-state index is 11.7. The van der Waals surface area contributed by atoms with Crippen LogP contribution in [0.25, 0.3) is 5.70 Å². The molecule has 0 bridgehead atoms. The van der Waals surface area contributed by atoms with Crippen molar-refractivity contribution in [2.45, 2.75) is 19.8 Å². The maximum absolute atomic E-state index is 11.7. The van der Waals surface area contributed by atoms with E-state index in [4.69, 9.17) is 5.73 Å². The SMILES string of the molecule is C=C(C)NCCCC(=O)Nc1ccccc1C(N)=O.C=C(NC)c1ccccc1. The van der Waals surface area contributed by atoms with Crippen molar-refractivity contribution >= 4 is 23.2 Å². The van der Waals surface area contributed by atoms with Gasteiger partial charge in [-0.15, -0.1) is 0 Å². The molecule has 0 aromatic heterocycles. The summed E-state index contributed by atoms with van der Waals surface area (Å²) in [5.41, 5.74) is 8.98. The van der Waals surface area contributed by atoms with Crippen molar-refractivity contribution in [1.29, 1.82) is 0 Å². The first-order valence-electron chi connectivity index (χ1n) is 9.35. The number of anilines is 1. The van der Waals surface area contributed by atoms with Crippen LogP contribution in [0.1, 0.15) is 35.7 Å². The lowest BCUT2D eigenvalue weighted by Gasteiger charge is -2.09. The Bertz CT molecular complexity index is 832. The minimum absolute atomic E-state index is 0.141. The summed E-state index contributed by atoms with van der Waals surface area (Å²) in [7, 11) is 1.87. The molecule has 0 atom stereocenters. The normalized spacial score (nSPS) is 9.45. The molecule has 0 heterocycles. The number of carbonyl (C=O) groups excluding carboxylic acids is 2. The number of hydrogen-bond donors (Lipinski definition) is 4. The van der Waals surface area contributed by atoms with Crippen LogP contribution in [0.15, 0.2) is 73.5 Å². The predicted molar refractivity (Wildman–Crippen MR) is 120 cm³/mol. The van der Waals surface area contributed by atoms with Crippen LogP contribution in [0.4, 0.5) is 5.69 Å². The van der Waals surface area contributed by atoms with E-state index in [1.807, 2.05) is 44.3 Å². The van der Waals surface area contributed by atoms with Gasteiger partial charge in [0.15, 0.2) is 0 Å². The van der Waals surface area contributed by atoms with Crippen LogP contribution in [-0.4, -0.2) is 25.4 Å². The van der Waals surface area contributed by atoms with Crippen molar-refractivity contribution in [3.63, 3.8) is 0 Å². The van der Waals surface area contributed by atoms with Crippen molar-refractivity contribution in [3.05, 3.63) is 84.6 Å². The molecule has 5 N–H and O–H groups in total. The Balaban J connectivity index is 0.000000352. The molecule has 29 heavy (non-hydrogen) atoms. The van der Waals surface area contributed by atoms with Crippen molar-refractivity contribution in [2.24, 2.45) is 5.73 Å². The van der Waals surface area contributed by atoms with Crippen LogP contribution in [0.3, 0.4) is 0 Å². The minimum atomic E-state index is -0.556. The first kappa shape index (κ1) is 23.5. The van der Waals surface area contributed by atoms with Gasteiger partial charge in [0.2, 0.25) is 5.91 Å². The van der Waals surface area contributed by atoms with Crippen LogP contribution in [0, 0.1) is 0 Å². The lowest BCUT2D eigenvalue weighted by atomic mass is 10.1. The molecule has 2 amide bonds. The zero-order chi connectivity index (χ0) is 21.6. The maximum Gasteiger partial charge on any atom is 0.250 e. The van der Waals surface area contributed by atoms with Gasteiger partial charge in [0.1, 0.15) is 0 Å². The third kappa shape index (κ3) is 9.28. The Morgan fingerprint density at radius 3 is 2.21 bits per heavy atom. The molecule has 6 heteroatoms. The topological polar surface area (TPSA) is 96.2 Å². The molecular formula is C23H30N4O2. The van der Waals surface area contributed by atoms with E-state index in [-0.39, 0.29) is 5.91 Å². The number of benzene rings is 2. The van der Waals surface area contributed by atoms with Crippen molar-refractivity contribution in [3.8, 4) is 0 Å². The van der Waals surface area contributed by atoms with Gasteiger partial charge in [0.05, 0.1) is 11.3 Å². The molecule has 2 aromatic rings. The van der Waals surface area contributed by atoms with E-state index >= 15 is 0 Å². The number of para-hydroxylation sites is 1. The second-order valence-electron chi connectivity index (χ2n) is 6.36. The molecule has 0 radical (unpaired) electrons. The highest BCUT2D eigenvalue weighted by molar-refractivity contribution is 6.02.